The van der Waals surface area contributed by atoms with Crippen LogP contribution in [0.3, 0.4) is 0 Å². The van der Waals surface area contributed by atoms with Gasteiger partial charge in [-0.25, -0.2) is 0 Å². The van der Waals surface area contributed by atoms with E-state index in [1.54, 1.807) is 37.3 Å². The quantitative estimate of drug-likeness (QED) is 0.675. The molecule has 0 heterocycles. The number of hydrogen-bond donors (Lipinski definition) is 3. The molecule has 0 aliphatic rings. The lowest BCUT2D eigenvalue weighted by Gasteiger charge is -2.08. The molecule has 1 atom stereocenters. The first kappa shape index (κ1) is 13.9. The number of hydrogen-bond acceptors (Lipinski definition) is 3. The Morgan fingerprint density at radius 3 is 2.50 bits per heavy atom. The summed E-state index contributed by atoms with van der Waals surface area (Å²) in [6.45, 7) is 5.54. The van der Waals surface area contributed by atoms with Crippen LogP contribution in [0, 0.1) is 0 Å². The number of anilines is 1. The van der Waals surface area contributed by atoms with Crippen LogP contribution in [-0.4, -0.2) is 24.4 Å². The van der Waals surface area contributed by atoms with Gasteiger partial charge < -0.3 is 16.4 Å². The van der Waals surface area contributed by atoms with Gasteiger partial charge in [-0.15, -0.1) is 6.58 Å². The van der Waals surface area contributed by atoms with Crippen LogP contribution in [-0.2, 0) is 4.79 Å². The number of nitrogens with two attached hydrogens (primary N) is 1. The van der Waals surface area contributed by atoms with E-state index < -0.39 is 6.04 Å². The number of carbonyl (C=O) groups is 2. The van der Waals surface area contributed by atoms with E-state index in [0.717, 1.165) is 0 Å². The number of carbonyl (C=O) groups excluding carboxylic acids is 2. The lowest BCUT2D eigenvalue weighted by Crippen LogP contribution is -2.32. The molecule has 4 N–H and O–H groups in total. The maximum atomic E-state index is 11.6. The molecule has 0 bridgehead atoms. The Morgan fingerprint density at radius 2 is 2.00 bits per heavy atom. The molecule has 18 heavy (non-hydrogen) atoms. The number of amides is 2. The van der Waals surface area contributed by atoms with E-state index in [-0.39, 0.29) is 11.8 Å². The van der Waals surface area contributed by atoms with Gasteiger partial charge in [-0.3, -0.25) is 9.59 Å². The smallest absolute Gasteiger partial charge is 0.251 e. The molecule has 0 aromatic heterocycles. The predicted molar refractivity (Wildman–Crippen MR) is 71.3 cm³/mol. The van der Waals surface area contributed by atoms with Crippen LogP contribution in [0.5, 0.6) is 0 Å². The third-order valence-electron chi connectivity index (χ3n) is 2.24. The summed E-state index contributed by atoms with van der Waals surface area (Å²) in [5.41, 5.74) is 6.56. The molecule has 96 valence electrons. The summed E-state index contributed by atoms with van der Waals surface area (Å²) in [5, 5.41) is 5.30. The minimum atomic E-state index is -0.569. The Morgan fingerprint density at radius 1 is 1.39 bits per heavy atom. The Bertz CT molecular complexity index is 438. The number of rotatable bonds is 5. The monoisotopic (exact) mass is 247 g/mol. The minimum absolute atomic E-state index is 0.181. The third kappa shape index (κ3) is 4.03. The summed E-state index contributed by atoms with van der Waals surface area (Å²) in [6, 6.07) is 6.01. The van der Waals surface area contributed by atoms with Crippen molar-refractivity contribution < 1.29 is 9.59 Å². The van der Waals surface area contributed by atoms with Gasteiger partial charge in [-0.1, -0.05) is 6.08 Å². The zero-order chi connectivity index (χ0) is 13.5. The van der Waals surface area contributed by atoms with E-state index in [2.05, 4.69) is 17.2 Å². The topological polar surface area (TPSA) is 84.2 Å². The van der Waals surface area contributed by atoms with Crippen molar-refractivity contribution >= 4 is 17.5 Å². The second-order valence-corrected chi connectivity index (χ2v) is 3.85. The summed E-state index contributed by atoms with van der Waals surface area (Å²) in [7, 11) is 0. The van der Waals surface area contributed by atoms with Crippen LogP contribution in [0.25, 0.3) is 0 Å². The molecule has 1 aromatic rings. The van der Waals surface area contributed by atoms with Crippen LogP contribution in [0.2, 0.25) is 0 Å². The van der Waals surface area contributed by atoms with Gasteiger partial charge >= 0.3 is 0 Å². The fourth-order valence-electron chi connectivity index (χ4n) is 1.23. The van der Waals surface area contributed by atoms with E-state index in [1.807, 2.05) is 0 Å². The molecular formula is C13H17N3O2. The van der Waals surface area contributed by atoms with Gasteiger partial charge in [0.15, 0.2) is 0 Å². The van der Waals surface area contributed by atoms with Crippen LogP contribution < -0.4 is 16.4 Å². The molecule has 0 unspecified atom stereocenters. The fraction of sp³-hybridized carbons (Fsp3) is 0.231. The Labute approximate surface area is 106 Å². The summed E-state index contributed by atoms with van der Waals surface area (Å²) in [5.74, 6) is -0.446. The van der Waals surface area contributed by atoms with Crippen molar-refractivity contribution in [3.8, 4) is 0 Å². The van der Waals surface area contributed by atoms with Crippen molar-refractivity contribution in [3.63, 3.8) is 0 Å². The first-order valence-electron chi connectivity index (χ1n) is 5.60. The van der Waals surface area contributed by atoms with Gasteiger partial charge in [-0.05, 0) is 31.2 Å². The van der Waals surface area contributed by atoms with E-state index in [4.69, 9.17) is 5.73 Å². The average molecular weight is 247 g/mol. The highest BCUT2D eigenvalue weighted by Crippen LogP contribution is 2.09. The van der Waals surface area contributed by atoms with E-state index in [1.165, 1.54) is 0 Å². The molecule has 0 saturated carbocycles. The van der Waals surface area contributed by atoms with E-state index >= 15 is 0 Å². The molecule has 5 nitrogen and oxygen atoms in total. The van der Waals surface area contributed by atoms with Crippen molar-refractivity contribution in [1.29, 1.82) is 0 Å². The molecular weight excluding hydrogens is 230 g/mol. The maximum Gasteiger partial charge on any atom is 0.251 e. The third-order valence-corrected chi connectivity index (χ3v) is 2.24. The average Bonchev–Trinajstić information content (AvgIpc) is 2.36. The Kier molecular flexibility index (Phi) is 5.07. The van der Waals surface area contributed by atoms with Crippen LogP contribution >= 0.6 is 0 Å². The van der Waals surface area contributed by atoms with Crippen molar-refractivity contribution in [1.82, 2.24) is 5.32 Å². The molecule has 0 aliphatic heterocycles. The molecule has 0 radical (unpaired) electrons. The highest BCUT2D eigenvalue weighted by Gasteiger charge is 2.08. The van der Waals surface area contributed by atoms with Crippen LogP contribution in [0.4, 0.5) is 5.69 Å². The van der Waals surface area contributed by atoms with Crippen molar-refractivity contribution in [3.05, 3.63) is 42.5 Å². The molecule has 0 spiro atoms. The van der Waals surface area contributed by atoms with Crippen LogP contribution in [0.15, 0.2) is 36.9 Å². The Balaban J connectivity index is 2.65. The second-order valence-electron chi connectivity index (χ2n) is 3.85. The summed E-state index contributed by atoms with van der Waals surface area (Å²) in [6.07, 6.45) is 1.61. The van der Waals surface area contributed by atoms with Crippen molar-refractivity contribution in [2.45, 2.75) is 13.0 Å². The minimum Gasteiger partial charge on any atom is -0.349 e. The maximum absolute atomic E-state index is 11.6. The van der Waals surface area contributed by atoms with Crippen molar-refractivity contribution in [2.75, 3.05) is 11.9 Å². The summed E-state index contributed by atoms with van der Waals surface area (Å²) >= 11 is 0. The zero-order valence-corrected chi connectivity index (χ0v) is 10.3. The summed E-state index contributed by atoms with van der Waals surface area (Å²) < 4.78 is 0. The lowest BCUT2D eigenvalue weighted by atomic mass is 10.2. The number of benzene rings is 1. The highest BCUT2D eigenvalue weighted by molar-refractivity contribution is 5.96. The standard InChI is InChI=1S/C13H17N3O2/c1-3-8-15-13(18)10-4-6-11(7-5-10)16-12(17)9(2)14/h3-7,9H,1,8,14H2,2H3,(H,15,18)(H,16,17)/t9-/m1/s1. The fourth-order valence-corrected chi connectivity index (χ4v) is 1.23. The van der Waals surface area contributed by atoms with Gasteiger partial charge in [0.25, 0.3) is 5.91 Å². The molecule has 0 saturated heterocycles. The van der Waals surface area contributed by atoms with Gasteiger partial charge in [0.2, 0.25) is 5.91 Å². The normalized spacial score (nSPS) is 11.4. The van der Waals surface area contributed by atoms with Gasteiger partial charge in [-0.2, -0.15) is 0 Å². The van der Waals surface area contributed by atoms with E-state index in [9.17, 15) is 9.59 Å². The highest BCUT2D eigenvalue weighted by atomic mass is 16.2. The first-order chi connectivity index (χ1) is 8.54. The largest absolute Gasteiger partial charge is 0.349 e. The first-order valence-corrected chi connectivity index (χ1v) is 5.60. The lowest BCUT2D eigenvalue weighted by molar-refractivity contribution is -0.117. The SMILES string of the molecule is C=CCNC(=O)c1ccc(NC(=O)[C@@H](C)N)cc1. The Hall–Kier alpha value is -2.14. The molecule has 5 heteroatoms. The van der Waals surface area contributed by atoms with Crippen molar-refractivity contribution in [2.24, 2.45) is 5.73 Å². The van der Waals surface area contributed by atoms with Gasteiger partial charge in [0, 0.05) is 17.8 Å². The van der Waals surface area contributed by atoms with Gasteiger partial charge in [0.05, 0.1) is 6.04 Å². The molecule has 1 aromatic carbocycles. The van der Waals surface area contributed by atoms with E-state index in [0.29, 0.717) is 17.8 Å². The van der Waals surface area contributed by atoms with Crippen LogP contribution in [0.1, 0.15) is 17.3 Å². The molecule has 1 rings (SSSR count). The second kappa shape index (κ2) is 6.56. The molecule has 0 fully saturated rings. The predicted octanol–water partition coefficient (Wildman–Crippen LogP) is 0.888. The zero-order valence-electron chi connectivity index (χ0n) is 10.3. The number of nitrogens with one attached hydrogen (secondary N) is 2. The summed E-state index contributed by atoms with van der Waals surface area (Å²) in [4.78, 5) is 22.9. The molecule has 2 amide bonds. The molecule has 0 aliphatic carbocycles. The van der Waals surface area contributed by atoms with Gasteiger partial charge in [0.1, 0.15) is 0 Å².